The average molecular weight is 233 g/mol. The molecular formula is C14H19NO2. The minimum Gasteiger partial charge on any atom is -0.394 e. The van der Waals surface area contributed by atoms with E-state index in [1.807, 2.05) is 37.3 Å². The Morgan fingerprint density at radius 3 is 2.59 bits per heavy atom. The van der Waals surface area contributed by atoms with Crippen LogP contribution < -0.4 is 5.32 Å². The summed E-state index contributed by atoms with van der Waals surface area (Å²) in [6.07, 6.45) is 2.31. The van der Waals surface area contributed by atoms with Gasteiger partial charge in [0.25, 0.3) is 0 Å². The van der Waals surface area contributed by atoms with E-state index in [-0.39, 0.29) is 24.5 Å². The first-order valence-corrected chi connectivity index (χ1v) is 6.18. The second-order valence-electron chi connectivity index (χ2n) is 4.78. The van der Waals surface area contributed by atoms with Gasteiger partial charge in [0.15, 0.2) is 0 Å². The van der Waals surface area contributed by atoms with Crippen molar-refractivity contribution in [1.29, 1.82) is 0 Å². The molecule has 0 heterocycles. The number of carbonyl (C=O) groups is 1. The summed E-state index contributed by atoms with van der Waals surface area (Å²) in [5.74, 6) is 0.660. The molecule has 1 aromatic rings. The van der Waals surface area contributed by atoms with Crippen LogP contribution in [0.1, 0.15) is 31.4 Å². The lowest BCUT2D eigenvalue weighted by molar-refractivity contribution is -0.126. The zero-order valence-electron chi connectivity index (χ0n) is 10.1. The quantitative estimate of drug-likeness (QED) is 0.816. The highest BCUT2D eigenvalue weighted by Gasteiger charge is 2.33. The third-order valence-corrected chi connectivity index (χ3v) is 3.44. The van der Waals surface area contributed by atoms with E-state index in [0.29, 0.717) is 5.92 Å². The molecule has 0 bridgehead atoms. The predicted octanol–water partition coefficient (Wildman–Crippen LogP) is 1.88. The van der Waals surface area contributed by atoms with Crippen LogP contribution in [0.4, 0.5) is 0 Å². The van der Waals surface area contributed by atoms with Crippen molar-refractivity contribution in [3.63, 3.8) is 0 Å². The molecule has 92 valence electrons. The normalized spacial score (nSPS) is 18.5. The van der Waals surface area contributed by atoms with E-state index in [4.69, 9.17) is 0 Å². The zero-order valence-corrected chi connectivity index (χ0v) is 10.1. The number of rotatable bonds is 5. The Morgan fingerprint density at radius 1 is 1.41 bits per heavy atom. The van der Waals surface area contributed by atoms with Gasteiger partial charge in [0.05, 0.1) is 12.6 Å². The number of nitrogens with one attached hydrogen (secondary N) is 1. The van der Waals surface area contributed by atoms with E-state index >= 15 is 0 Å². The zero-order chi connectivity index (χ0) is 12.3. The van der Waals surface area contributed by atoms with Crippen molar-refractivity contribution in [2.75, 3.05) is 6.61 Å². The SMILES string of the molecule is CC(C(=O)NC(CO)c1ccccc1)C1CC1. The summed E-state index contributed by atoms with van der Waals surface area (Å²) in [6, 6.07) is 9.30. The largest absolute Gasteiger partial charge is 0.394 e. The first kappa shape index (κ1) is 12.1. The maximum Gasteiger partial charge on any atom is 0.223 e. The van der Waals surface area contributed by atoms with Gasteiger partial charge in [-0.1, -0.05) is 37.3 Å². The molecule has 0 radical (unpaired) electrons. The van der Waals surface area contributed by atoms with E-state index in [2.05, 4.69) is 5.32 Å². The number of aliphatic hydroxyl groups excluding tert-OH is 1. The number of benzene rings is 1. The van der Waals surface area contributed by atoms with E-state index in [0.717, 1.165) is 18.4 Å². The summed E-state index contributed by atoms with van der Waals surface area (Å²) in [7, 11) is 0. The van der Waals surface area contributed by atoms with Gasteiger partial charge in [-0.3, -0.25) is 4.79 Å². The van der Waals surface area contributed by atoms with Crippen LogP contribution in [-0.4, -0.2) is 17.6 Å². The molecule has 1 saturated carbocycles. The summed E-state index contributed by atoms with van der Waals surface area (Å²) in [5.41, 5.74) is 0.950. The highest BCUT2D eigenvalue weighted by molar-refractivity contribution is 5.79. The lowest BCUT2D eigenvalue weighted by Crippen LogP contribution is -2.35. The Bertz CT molecular complexity index is 373. The van der Waals surface area contributed by atoms with Gasteiger partial charge in [-0.15, -0.1) is 0 Å². The van der Waals surface area contributed by atoms with Crippen LogP contribution in [0.5, 0.6) is 0 Å². The Morgan fingerprint density at radius 2 is 2.06 bits per heavy atom. The van der Waals surface area contributed by atoms with Gasteiger partial charge in [-0.2, -0.15) is 0 Å². The molecule has 1 amide bonds. The maximum absolute atomic E-state index is 11.9. The molecule has 0 aromatic heterocycles. The van der Waals surface area contributed by atoms with Gasteiger partial charge < -0.3 is 10.4 Å². The second kappa shape index (κ2) is 5.32. The molecule has 0 aliphatic heterocycles. The van der Waals surface area contributed by atoms with Gasteiger partial charge in [-0.05, 0) is 24.3 Å². The molecule has 1 fully saturated rings. The van der Waals surface area contributed by atoms with Crippen LogP contribution >= 0.6 is 0 Å². The van der Waals surface area contributed by atoms with Gasteiger partial charge in [0.2, 0.25) is 5.91 Å². The third kappa shape index (κ3) is 3.07. The van der Waals surface area contributed by atoms with Gasteiger partial charge >= 0.3 is 0 Å². The number of carbonyl (C=O) groups excluding carboxylic acids is 1. The molecule has 2 atom stereocenters. The molecule has 1 aromatic carbocycles. The Hall–Kier alpha value is -1.35. The fraction of sp³-hybridized carbons (Fsp3) is 0.500. The summed E-state index contributed by atoms with van der Waals surface area (Å²) < 4.78 is 0. The standard InChI is InChI=1S/C14H19NO2/c1-10(11-7-8-11)14(17)15-13(9-16)12-5-3-2-4-6-12/h2-6,10-11,13,16H,7-9H2,1H3,(H,15,17). The molecule has 3 heteroatoms. The number of aliphatic hydroxyl groups is 1. The van der Waals surface area contributed by atoms with Crippen molar-refractivity contribution in [1.82, 2.24) is 5.32 Å². The molecule has 0 spiro atoms. The monoisotopic (exact) mass is 233 g/mol. The Kier molecular flexibility index (Phi) is 3.79. The Labute approximate surface area is 102 Å². The molecule has 17 heavy (non-hydrogen) atoms. The summed E-state index contributed by atoms with van der Waals surface area (Å²) >= 11 is 0. The minimum atomic E-state index is -0.287. The van der Waals surface area contributed by atoms with Crippen molar-refractivity contribution in [2.24, 2.45) is 11.8 Å². The predicted molar refractivity (Wildman–Crippen MR) is 66.3 cm³/mol. The minimum absolute atomic E-state index is 0.0513. The average Bonchev–Trinajstić information content (AvgIpc) is 3.20. The first-order valence-electron chi connectivity index (χ1n) is 6.18. The molecule has 3 nitrogen and oxygen atoms in total. The topological polar surface area (TPSA) is 49.3 Å². The third-order valence-electron chi connectivity index (χ3n) is 3.44. The highest BCUT2D eigenvalue weighted by atomic mass is 16.3. The molecule has 0 saturated heterocycles. The molecule has 1 aliphatic carbocycles. The fourth-order valence-corrected chi connectivity index (χ4v) is 2.03. The molecule has 2 unspecified atom stereocenters. The van der Waals surface area contributed by atoms with Gasteiger partial charge in [0, 0.05) is 5.92 Å². The highest BCUT2D eigenvalue weighted by Crippen LogP contribution is 2.36. The van der Waals surface area contributed by atoms with E-state index < -0.39 is 0 Å². The number of hydrogen-bond donors (Lipinski definition) is 2. The lowest BCUT2D eigenvalue weighted by Gasteiger charge is -2.19. The van der Waals surface area contributed by atoms with Crippen molar-refractivity contribution in [2.45, 2.75) is 25.8 Å². The van der Waals surface area contributed by atoms with Crippen LogP contribution in [0.15, 0.2) is 30.3 Å². The van der Waals surface area contributed by atoms with Crippen LogP contribution in [0.3, 0.4) is 0 Å². The molecular weight excluding hydrogens is 214 g/mol. The summed E-state index contributed by atoms with van der Waals surface area (Å²) in [4.78, 5) is 11.9. The summed E-state index contributed by atoms with van der Waals surface area (Å²) in [5, 5.41) is 12.3. The van der Waals surface area contributed by atoms with E-state index in [9.17, 15) is 9.90 Å². The van der Waals surface area contributed by atoms with Gasteiger partial charge in [-0.25, -0.2) is 0 Å². The van der Waals surface area contributed by atoms with Crippen molar-refractivity contribution in [3.8, 4) is 0 Å². The fourth-order valence-electron chi connectivity index (χ4n) is 2.03. The first-order chi connectivity index (χ1) is 8.22. The van der Waals surface area contributed by atoms with Gasteiger partial charge in [0.1, 0.15) is 0 Å². The van der Waals surface area contributed by atoms with Crippen LogP contribution in [0, 0.1) is 11.8 Å². The summed E-state index contributed by atoms with van der Waals surface area (Å²) in [6.45, 7) is 1.90. The van der Waals surface area contributed by atoms with E-state index in [1.165, 1.54) is 0 Å². The van der Waals surface area contributed by atoms with Crippen LogP contribution in [0.25, 0.3) is 0 Å². The van der Waals surface area contributed by atoms with Crippen LogP contribution in [-0.2, 0) is 4.79 Å². The van der Waals surface area contributed by atoms with Crippen molar-refractivity contribution >= 4 is 5.91 Å². The molecule has 1 aliphatic rings. The van der Waals surface area contributed by atoms with Crippen molar-refractivity contribution in [3.05, 3.63) is 35.9 Å². The Balaban J connectivity index is 1.97. The smallest absolute Gasteiger partial charge is 0.223 e. The van der Waals surface area contributed by atoms with Crippen LogP contribution in [0.2, 0.25) is 0 Å². The second-order valence-corrected chi connectivity index (χ2v) is 4.78. The van der Waals surface area contributed by atoms with Crippen molar-refractivity contribution < 1.29 is 9.90 Å². The maximum atomic E-state index is 11.9. The lowest BCUT2D eigenvalue weighted by atomic mass is 10.0. The van der Waals surface area contributed by atoms with E-state index in [1.54, 1.807) is 0 Å². The number of hydrogen-bond acceptors (Lipinski definition) is 2. The molecule has 2 rings (SSSR count). The molecule has 2 N–H and O–H groups in total. The number of amides is 1.